The van der Waals surface area contributed by atoms with Crippen LogP contribution < -0.4 is 4.74 Å². The molecular formula is C28H42O6. The van der Waals surface area contributed by atoms with Crippen LogP contribution in [0.5, 0.6) is 11.5 Å². The minimum Gasteiger partial charge on any atom is -0.507 e. The quantitative estimate of drug-likeness (QED) is 0.152. The van der Waals surface area contributed by atoms with E-state index in [4.69, 9.17) is 18.9 Å². The summed E-state index contributed by atoms with van der Waals surface area (Å²) < 4.78 is 21.5. The van der Waals surface area contributed by atoms with Gasteiger partial charge in [0.2, 0.25) is 0 Å². The Kier molecular flexibility index (Phi) is 12.4. The van der Waals surface area contributed by atoms with Crippen LogP contribution in [0.2, 0.25) is 0 Å². The van der Waals surface area contributed by atoms with E-state index >= 15 is 0 Å². The Morgan fingerprint density at radius 1 is 1.15 bits per heavy atom. The molecular weight excluding hydrogens is 432 g/mol. The number of aromatic hydroxyl groups is 1. The van der Waals surface area contributed by atoms with E-state index in [2.05, 4.69) is 26.5 Å². The van der Waals surface area contributed by atoms with E-state index in [1.807, 2.05) is 19.1 Å². The third-order valence-corrected chi connectivity index (χ3v) is 6.21. The average molecular weight is 475 g/mol. The highest BCUT2D eigenvalue weighted by Gasteiger charge is 2.31. The van der Waals surface area contributed by atoms with Crippen molar-refractivity contribution < 1.29 is 28.8 Å². The van der Waals surface area contributed by atoms with Crippen LogP contribution in [-0.4, -0.2) is 51.2 Å². The van der Waals surface area contributed by atoms with Gasteiger partial charge in [-0.1, -0.05) is 43.6 Å². The van der Waals surface area contributed by atoms with Crippen LogP contribution in [0, 0.1) is 5.92 Å². The number of phenols is 1. The first-order valence-electron chi connectivity index (χ1n) is 12.4. The zero-order valence-corrected chi connectivity index (χ0v) is 21.4. The summed E-state index contributed by atoms with van der Waals surface area (Å²) in [6.45, 7) is 12.0. The lowest BCUT2D eigenvalue weighted by Crippen LogP contribution is -2.21. The molecule has 0 saturated heterocycles. The molecule has 0 aromatic heterocycles. The number of unbranched alkanes of at least 4 members (excludes halogenated alkanes) is 2. The Bertz CT molecular complexity index is 828. The van der Waals surface area contributed by atoms with E-state index in [0.29, 0.717) is 31.1 Å². The van der Waals surface area contributed by atoms with Gasteiger partial charge >= 0.3 is 5.97 Å². The van der Waals surface area contributed by atoms with E-state index in [1.165, 1.54) is 5.57 Å². The summed E-state index contributed by atoms with van der Waals surface area (Å²) in [5.74, 6) is 0.184. The molecule has 1 aromatic carbocycles. The second kappa shape index (κ2) is 15.0. The van der Waals surface area contributed by atoms with Gasteiger partial charge in [-0.3, -0.25) is 0 Å². The first-order chi connectivity index (χ1) is 16.4. The predicted molar refractivity (Wildman–Crippen MR) is 135 cm³/mol. The maximum Gasteiger partial charge on any atom is 0.337 e. The van der Waals surface area contributed by atoms with E-state index in [1.54, 1.807) is 7.11 Å². The van der Waals surface area contributed by atoms with Gasteiger partial charge in [0.25, 0.3) is 0 Å². The molecule has 1 aromatic rings. The fraction of sp³-hybridized carbons (Fsp3) is 0.607. The van der Waals surface area contributed by atoms with Crippen molar-refractivity contribution in [2.75, 3.05) is 40.1 Å². The Morgan fingerprint density at radius 3 is 2.59 bits per heavy atom. The number of hydrogen-bond acceptors (Lipinski definition) is 6. The van der Waals surface area contributed by atoms with Crippen molar-refractivity contribution in [3.63, 3.8) is 0 Å². The Balaban J connectivity index is 2.20. The molecule has 6 nitrogen and oxygen atoms in total. The Hall–Kier alpha value is -2.15. The van der Waals surface area contributed by atoms with Gasteiger partial charge in [-0.05, 0) is 63.1 Å². The number of carbonyl (C=O) groups excluding carboxylic acids is 1. The highest BCUT2D eigenvalue weighted by Crippen LogP contribution is 2.47. The molecule has 2 atom stereocenters. The van der Waals surface area contributed by atoms with Crippen LogP contribution in [-0.2, 0) is 25.4 Å². The fourth-order valence-electron chi connectivity index (χ4n) is 4.39. The van der Waals surface area contributed by atoms with Gasteiger partial charge in [0.1, 0.15) is 18.1 Å². The molecule has 1 aliphatic carbocycles. The molecule has 0 fully saturated rings. The summed E-state index contributed by atoms with van der Waals surface area (Å²) in [7, 11) is 1.61. The van der Waals surface area contributed by atoms with E-state index < -0.39 is 5.97 Å². The molecule has 0 saturated carbocycles. The lowest BCUT2D eigenvalue weighted by atomic mass is 9.73. The topological polar surface area (TPSA) is 74.2 Å². The normalized spacial score (nSPS) is 17.9. The molecule has 0 radical (unpaired) electrons. The number of esters is 1. The number of methoxy groups -OCH3 is 1. The summed E-state index contributed by atoms with van der Waals surface area (Å²) in [5, 5.41) is 11.1. The van der Waals surface area contributed by atoms with Crippen molar-refractivity contribution in [2.45, 2.75) is 65.2 Å². The van der Waals surface area contributed by atoms with Crippen LogP contribution in [0.25, 0.3) is 0 Å². The van der Waals surface area contributed by atoms with Crippen LogP contribution >= 0.6 is 0 Å². The Morgan fingerprint density at radius 2 is 1.88 bits per heavy atom. The molecule has 0 heterocycles. The standard InChI is InChI=1S/C28H42O6/c1-6-7-8-9-22-17-25(29)28(24-16-21(4)10-11-23(24)20(2)3)26(18-22)34-27(30)19-33-15-14-32-13-12-31-5/h16-18,23-24,29H,2,6-15,19H2,1,3-5H3. The molecule has 2 rings (SSSR count). The van der Waals surface area contributed by atoms with Crippen molar-refractivity contribution in [3.8, 4) is 11.5 Å². The van der Waals surface area contributed by atoms with E-state index in [9.17, 15) is 9.90 Å². The summed E-state index contributed by atoms with van der Waals surface area (Å²) >= 11 is 0. The minimum atomic E-state index is -0.494. The van der Waals surface area contributed by atoms with Crippen LogP contribution in [0.15, 0.2) is 35.9 Å². The van der Waals surface area contributed by atoms with Crippen LogP contribution in [0.3, 0.4) is 0 Å². The first kappa shape index (κ1) is 28.1. The summed E-state index contributed by atoms with van der Waals surface area (Å²) in [5.41, 5.74) is 3.95. The van der Waals surface area contributed by atoms with Gasteiger partial charge < -0.3 is 24.1 Å². The smallest absolute Gasteiger partial charge is 0.337 e. The molecule has 1 aliphatic rings. The lowest BCUT2D eigenvalue weighted by molar-refractivity contribution is -0.140. The van der Waals surface area contributed by atoms with Gasteiger partial charge in [-0.15, -0.1) is 0 Å². The number of aryl methyl sites for hydroxylation is 1. The van der Waals surface area contributed by atoms with E-state index in [0.717, 1.165) is 49.7 Å². The summed E-state index contributed by atoms with van der Waals surface area (Å²) in [6.07, 6.45) is 8.21. The number of allylic oxidation sites excluding steroid dienone is 3. The van der Waals surface area contributed by atoms with Crippen molar-refractivity contribution in [1.29, 1.82) is 0 Å². The third-order valence-electron chi connectivity index (χ3n) is 6.21. The average Bonchev–Trinajstić information content (AvgIpc) is 2.78. The Labute approximate surface area is 204 Å². The van der Waals surface area contributed by atoms with Gasteiger partial charge in [0.05, 0.1) is 26.4 Å². The number of phenolic OH excluding ortho intramolecular Hbond substituents is 1. The lowest BCUT2D eigenvalue weighted by Gasteiger charge is -2.32. The first-order valence-corrected chi connectivity index (χ1v) is 12.4. The van der Waals surface area contributed by atoms with Crippen LogP contribution in [0.4, 0.5) is 0 Å². The molecule has 34 heavy (non-hydrogen) atoms. The van der Waals surface area contributed by atoms with Gasteiger partial charge in [-0.2, -0.15) is 0 Å². The zero-order chi connectivity index (χ0) is 24.9. The maximum absolute atomic E-state index is 12.6. The van der Waals surface area contributed by atoms with Crippen molar-refractivity contribution in [1.82, 2.24) is 0 Å². The number of rotatable bonds is 15. The highest BCUT2D eigenvalue weighted by molar-refractivity contribution is 5.74. The van der Waals surface area contributed by atoms with E-state index in [-0.39, 0.29) is 30.8 Å². The van der Waals surface area contributed by atoms with Crippen molar-refractivity contribution >= 4 is 5.97 Å². The molecule has 6 heteroatoms. The van der Waals surface area contributed by atoms with Gasteiger partial charge in [0.15, 0.2) is 0 Å². The van der Waals surface area contributed by atoms with Crippen molar-refractivity contribution in [2.24, 2.45) is 5.92 Å². The monoisotopic (exact) mass is 474 g/mol. The van der Waals surface area contributed by atoms with Crippen LogP contribution in [0.1, 0.15) is 69.9 Å². The SMILES string of the molecule is C=C(C)C1CCC(C)=CC1c1c(O)cc(CCCCC)cc1OC(=O)COCCOCCOC. The molecule has 0 spiro atoms. The zero-order valence-electron chi connectivity index (χ0n) is 21.4. The molecule has 190 valence electrons. The third kappa shape index (κ3) is 8.90. The predicted octanol–water partition coefficient (Wildman–Crippen LogP) is 5.73. The number of benzene rings is 1. The largest absolute Gasteiger partial charge is 0.507 e. The molecule has 0 aliphatic heterocycles. The number of ether oxygens (including phenoxy) is 4. The fourth-order valence-corrected chi connectivity index (χ4v) is 4.39. The molecule has 2 unspecified atom stereocenters. The van der Waals surface area contributed by atoms with Gasteiger partial charge in [0, 0.05) is 18.6 Å². The second-order valence-electron chi connectivity index (χ2n) is 9.15. The maximum atomic E-state index is 12.6. The summed E-state index contributed by atoms with van der Waals surface area (Å²) in [4.78, 5) is 12.6. The van der Waals surface area contributed by atoms with Crippen molar-refractivity contribution in [3.05, 3.63) is 47.1 Å². The highest BCUT2D eigenvalue weighted by atomic mass is 16.6. The van der Waals surface area contributed by atoms with Gasteiger partial charge in [-0.25, -0.2) is 4.79 Å². The molecule has 1 N–H and O–H groups in total. The number of hydrogen-bond donors (Lipinski definition) is 1. The molecule has 0 bridgehead atoms. The number of carbonyl (C=O) groups is 1. The second-order valence-corrected chi connectivity index (χ2v) is 9.15. The summed E-state index contributed by atoms with van der Waals surface area (Å²) in [6, 6.07) is 3.73. The molecule has 0 amide bonds. The minimum absolute atomic E-state index is 0.0890.